The van der Waals surface area contributed by atoms with E-state index in [9.17, 15) is 22.8 Å². The molecule has 7 heteroatoms. The van der Waals surface area contributed by atoms with Crippen molar-refractivity contribution in [1.29, 1.82) is 0 Å². The second kappa shape index (κ2) is 7.06. The number of hydrogen-bond acceptors (Lipinski definition) is 3. The van der Waals surface area contributed by atoms with E-state index in [1.165, 1.54) is 31.4 Å². The minimum atomic E-state index is -4.60. The van der Waals surface area contributed by atoms with E-state index in [4.69, 9.17) is 9.84 Å². The first kappa shape index (κ1) is 18.9. The van der Waals surface area contributed by atoms with Crippen molar-refractivity contribution >= 4 is 22.5 Å². The number of ether oxygens (including phenoxy) is 1. The summed E-state index contributed by atoms with van der Waals surface area (Å²) >= 11 is 0. The van der Waals surface area contributed by atoms with E-state index in [0.29, 0.717) is 28.5 Å². The van der Waals surface area contributed by atoms with E-state index < -0.39 is 17.7 Å². The largest absolute Gasteiger partial charge is 0.496 e. The molecule has 0 amide bonds. The molecule has 0 unspecified atom stereocenters. The Balaban J connectivity index is 2.14. The summed E-state index contributed by atoms with van der Waals surface area (Å²) in [4.78, 5) is 23.2. The smallest absolute Gasteiger partial charge is 0.420 e. The highest BCUT2D eigenvalue weighted by Gasteiger charge is 2.36. The van der Waals surface area contributed by atoms with Crippen LogP contribution in [0.25, 0.3) is 10.8 Å². The van der Waals surface area contributed by atoms with Gasteiger partial charge in [0.15, 0.2) is 5.78 Å². The summed E-state index contributed by atoms with van der Waals surface area (Å²) in [5, 5.41) is 9.37. The Morgan fingerprint density at radius 3 is 2.52 bits per heavy atom. The van der Waals surface area contributed by atoms with Crippen molar-refractivity contribution in [2.24, 2.45) is 0 Å². The van der Waals surface area contributed by atoms with Crippen molar-refractivity contribution in [2.45, 2.75) is 31.9 Å². The number of hydrogen-bond donors (Lipinski definition) is 1. The van der Waals surface area contributed by atoms with Gasteiger partial charge in [-0.2, -0.15) is 13.2 Å². The molecule has 0 aliphatic heterocycles. The van der Waals surface area contributed by atoms with Crippen molar-refractivity contribution < 1.29 is 32.6 Å². The molecule has 27 heavy (non-hydrogen) atoms. The second-order valence-corrected chi connectivity index (χ2v) is 6.41. The van der Waals surface area contributed by atoms with Crippen LogP contribution in [-0.4, -0.2) is 24.0 Å². The van der Waals surface area contributed by atoms with Crippen LogP contribution < -0.4 is 4.74 Å². The average Bonchev–Trinajstić information content (AvgIpc) is 2.92. The van der Waals surface area contributed by atoms with Crippen molar-refractivity contribution in [3.8, 4) is 5.75 Å². The number of methoxy groups -OCH3 is 1. The van der Waals surface area contributed by atoms with Gasteiger partial charge in [-0.3, -0.25) is 9.59 Å². The van der Waals surface area contributed by atoms with E-state index >= 15 is 0 Å². The first-order valence-corrected chi connectivity index (χ1v) is 8.34. The van der Waals surface area contributed by atoms with Gasteiger partial charge in [0, 0.05) is 12.8 Å². The third-order valence-electron chi connectivity index (χ3n) is 4.77. The van der Waals surface area contributed by atoms with Crippen molar-refractivity contribution in [1.82, 2.24) is 0 Å². The molecule has 0 atom stereocenters. The lowest BCUT2D eigenvalue weighted by Crippen LogP contribution is -2.09. The molecule has 4 nitrogen and oxygen atoms in total. The molecule has 1 aliphatic rings. The molecular formula is C20H17F3O4. The molecule has 1 N–H and O–H groups in total. The fourth-order valence-electron chi connectivity index (χ4n) is 3.57. The normalized spacial score (nSPS) is 14.9. The third-order valence-corrected chi connectivity index (χ3v) is 4.77. The summed E-state index contributed by atoms with van der Waals surface area (Å²) in [6.45, 7) is 0. The number of carboxylic acid groups (broad SMARTS) is 1. The molecule has 0 aromatic heterocycles. The number of ketones is 1. The van der Waals surface area contributed by atoms with Crippen LogP contribution in [0.3, 0.4) is 0 Å². The molecule has 0 heterocycles. The lowest BCUT2D eigenvalue weighted by atomic mass is 9.93. The molecule has 3 rings (SSSR count). The predicted molar refractivity (Wildman–Crippen MR) is 92.7 cm³/mol. The number of alkyl halides is 3. The summed E-state index contributed by atoms with van der Waals surface area (Å²) < 4.78 is 45.6. The number of Topliss-reactive ketones (excluding diaryl/α,β-unsaturated/α-hetero) is 1. The van der Waals surface area contributed by atoms with E-state index in [0.717, 1.165) is 0 Å². The first-order chi connectivity index (χ1) is 12.7. The van der Waals surface area contributed by atoms with Crippen LogP contribution in [0.5, 0.6) is 5.75 Å². The van der Waals surface area contributed by atoms with Gasteiger partial charge < -0.3 is 9.84 Å². The number of carbonyl (C=O) groups is 2. The number of benzene rings is 2. The van der Waals surface area contributed by atoms with Crippen molar-refractivity contribution in [2.75, 3.05) is 7.11 Å². The van der Waals surface area contributed by atoms with Crippen LogP contribution in [0.1, 0.15) is 30.4 Å². The minimum absolute atomic E-state index is 0.00909. The van der Waals surface area contributed by atoms with Crippen LogP contribution in [0.2, 0.25) is 0 Å². The summed E-state index contributed by atoms with van der Waals surface area (Å²) in [6, 6.07) is 7.33. The minimum Gasteiger partial charge on any atom is -0.496 e. The standard InChI is InChI=1S/C20H17F3O4/c1-27-17-8-6-13-11(3-2-4-14(13)19(17)20(21,22)23)9-15-12(10-18(25)26)5-7-16(15)24/h2-4,6,8H,5,7,9-10H2,1H3,(H,25,26). The summed E-state index contributed by atoms with van der Waals surface area (Å²) in [7, 11) is 1.18. The SMILES string of the molecule is COc1ccc2c(CC3=C(CC(=O)O)CCC3=O)cccc2c1C(F)(F)F. The summed E-state index contributed by atoms with van der Waals surface area (Å²) in [5.74, 6) is -1.44. The first-order valence-electron chi connectivity index (χ1n) is 8.34. The Bertz CT molecular complexity index is 958. The van der Waals surface area contributed by atoms with Crippen LogP contribution in [0.4, 0.5) is 13.2 Å². The maximum absolute atomic E-state index is 13.6. The molecule has 0 fully saturated rings. The highest BCUT2D eigenvalue weighted by Crippen LogP contribution is 2.42. The predicted octanol–water partition coefficient (Wildman–Crippen LogP) is 4.54. The topological polar surface area (TPSA) is 63.6 Å². The van der Waals surface area contributed by atoms with Gasteiger partial charge in [0.1, 0.15) is 11.3 Å². The number of rotatable bonds is 5. The lowest BCUT2D eigenvalue weighted by molar-refractivity contribution is -0.138. The maximum Gasteiger partial charge on any atom is 0.420 e. The van der Waals surface area contributed by atoms with Gasteiger partial charge in [-0.1, -0.05) is 29.8 Å². The van der Waals surface area contributed by atoms with Gasteiger partial charge in [0.2, 0.25) is 0 Å². The van der Waals surface area contributed by atoms with E-state index in [-0.39, 0.29) is 36.2 Å². The fraction of sp³-hybridized carbons (Fsp3) is 0.300. The molecule has 142 valence electrons. The molecule has 0 saturated carbocycles. The molecule has 0 saturated heterocycles. The van der Waals surface area contributed by atoms with Crippen LogP contribution in [0.15, 0.2) is 41.5 Å². The van der Waals surface area contributed by atoms with Gasteiger partial charge in [0.05, 0.1) is 13.5 Å². The number of fused-ring (bicyclic) bond motifs is 1. The van der Waals surface area contributed by atoms with Crippen LogP contribution in [0, 0.1) is 0 Å². The Kier molecular flexibility index (Phi) is 4.95. The van der Waals surface area contributed by atoms with Crippen LogP contribution >= 0.6 is 0 Å². The highest BCUT2D eigenvalue weighted by atomic mass is 19.4. The quantitative estimate of drug-likeness (QED) is 0.830. The maximum atomic E-state index is 13.6. The van der Waals surface area contributed by atoms with Gasteiger partial charge in [-0.25, -0.2) is 0 Å². The molecule has 0 spiro atoms. The summed E-state index contributed by atoms with van der Waals surface area (Å²) in [6.07, 6.45) is -4.09. The fourth-order valence-corrected chi connectivity index (χ4v) is 3.57. The van der Waals surface area contributed by atoms with Crippen LogP contribution in [-0.2, 0) is 22.2 Å². The molecule has 2 aromatic rings. The second-order valence-electron chi connectivity index (χ2n) is 6.41. The van der Waals surface area contributed by atoms with Gasteiger partial charge in [0.25, 0.3) is 0 Å². The number of aliphatic carboxylic acids is 1. The number of allylic oxidation sites excluding steroid dienone is 1. The summed E-state index contributed by atoms with van der Waals surface area (Å²) in [5.41, 5.74) is 0.638. The Morgan fingerprint density at radius 2 is 1.89 bits per heavy atom. The number of halogens is 3. The van der Waals surface area contributed by atoms with Crippen molar-refractivity contribution in [3.63, 3.8) is 0 Å². The monoisotopic (exact) mass is 378 g/mol. The van der Waals surface area contributed by atoms with Crippen molar-refractivity contribution in [3.05, 3.63) is 52.6 Å². The van der Waals surface area contributed by atoms with E-state index in [1.807, 2.05) is 0 Å². The highest BCUT2D eigenvalue weighted by molar-refractivity contribution is 6.01. The molecule has 0 bridgehead atoms. The molecule has 2 aromatic carbocycles. The molecule has 0 radical (unpaired) electrons. The zero-order valence-corrected chi connectivity index (χ0v) is 14.5. The zero-order valence-electron chi connectivity index (χ0n) is 14.5. The average molecular weight is 378 g/mol. The zero-order chi connectivity index (χ0) is 19.8. The molecule has 1 aliphatic carbocycles. The van der Waals surface area contributed by atoms with E-state index in [1.54, 1.807) is 6.07 Å². The van der Waals surface area contributed by atoms with E-state index in [2.05, 4.69) is 0 Å². The van der Waals surface area contributed by atoms with Gasteiger partial charge in [-0.15, -0.1) is 0 Å². The third kappa shape index (κ3) is 3.67. The van der Waals surface area contributed by atoms with Gasteiger partial charge in [-0.05, 0) is 34.4 Å². The number of carbonyl (C=O) groups excluding carboxylic acids is 1. The Morgan fingerprint density at radius 1 is 1.15 bits per heavy atom. The lowest BCUT2D eigenvalue weighted by Gasteiger charge is -2.17. The van der Waals surface area contributed by atoms with Gasteiger partial charge >= 0.3 is 12.1 Å². The molecular weight excluding hydrogens is 361 g/mol. The Labute approximate surface area is 153 Å². The number of carboxylic acids is 1. The Hall–Kier alpha value is -2.83.